The van der Waals surface area contributed by atoms with Crippen molar-refractivity contribution in [2.45, 2.75) is 114 Å². The number of carbonyl (C=O) groups is 8. The first kappa shape index (κ1) is 83.6. The summed E-state index contributed by atoms with van der Waals surface area (Å²) in [6.45, 7) is 16.5. The van der Waals surface area contributed by atoms with E-state index in [1.807, 2.05) is 113 Å². The first-order chi connectivity index (χ1) is 53.5. The van der Waals surface area contributed by atoms with Crippen LogP contribution in [0.3, 0.4) is 0 Å². The molecule has 0 radical (unpaired) electrons. The smallest absolute Gasteiger partial charge is 0.226 e. The summed E-state index contributed by atoms with van der Waals surface area (Å²) in [6.07, 6.45) is 3.90. The summed E-state index contributed by atoms with van der Waals surface area (Å²) < 4.78 is 35.0. The van der Waals surface area contributed by atoms with Crippen LogP contribution < -0.4 is 19.6 Å². The molecule has 0 bridgehead atoms. The predicted molar refractivity (Wildman–Crippen MR) is 432 cm³/mol. The first-order valence-electron chi connectivity index (χ1n) is 36.2. The highest BCUT2D eigenvalue weighted by atomic mass is 35.5. The lowest BCUT2D eigenvalue weighted by Gasteiger charge is -2.18. The van der Waals surface area contributed by atoms with Gasteiger partial charge >= 0.3 is 0 Å². The van der Waals surface area contributed by atoms with Crippen LogP contribution in [0.1, 0.15) is 146 Å². The van der Waals surface area contributed by atoms with Crippen molar-refractivity contribution in [3.05, 3.63) is 278 Å². The van der Waals surface area contributed by atoms with Crippen LogP contribution in [-0.2, 0) is 44.9 Å². The quantitative estimate of drug-likeness (QED) is 0.0509. The van der Waals surface area contributed by atoms with Gasteiger partial charge in [0.25, 0.3) is 0 Å². The summed E-state index contributed by atoms with van der Waals surface area (Å²) in [5, 5.41) is 16.2. The Morgan fingerprint density at radius 2 is 0.688 bits per heavy atom. The van der Waals surface area contributed by atoms with Gasteiger partial charge in [0.05, 0.1) is 64.2 Å². The molecule has 112 heavy (non-hydrogen) atoms. The van der Waals surface area contributed by atoms with E-state index in [0.717, 1.165) is 73.1 Å². The number of Topliss-reactive ketones (excluding diaryl/α,β-unsaturated/α-hetero) is 4. The Bertz CT molecular complexity index is 4970. The Balaban J connectivity index is 0.000000171. The summed E-state index contributed by atoms with van der Waals surface area (Å²) in [4.78, 5) is 107. The molecule has 4 amide bonds. The number of halogens is 3. The Morgan fingerprint density at radius 1 is 0.348 bits per heavy atom. The van der Waals surface area contributed by atoms with Gasteiger partial charge in [0.1, 0.15) is 34.6 Å². The molecule has 12 rings (SSSR count). The number of anilines is 4. The van der Waals surface area contributed by atoms with Crippen molar-refractivity contribution < 1.29 is 60.8 Å². The van der Waals surface area contributed by atoms with Gasteiger partial charge in [-0.15, -0.1) is 0 Å². The van der Waals surface area contributed by atoms with Crippen molar-refractivity contribution in [1.82, 2.24) is 25.6 Å². The predicted octanol–water partition coefficient (Wildman–Crippen LogP) is 18.9. The summed E-state index contributed by atoms with van der Waals surface area (Å²) >= 11 is 12.8. The van der Waals surface area contributed by atoms with Gasteiger partial charge in [-0.05, 0) is 129 Å². The molecule has 0 fully saturated rings. The molecular weight excluding hydrogens is 1460 g/mol. The molecule has 21 nitrogen and oxygen atoms in total. The number of carbonyl (C=O) groups excluding carboxylic acids is 8. The summed E-state index contributed by atoms with van der Waals surface area (Å²) in [6, 6.07) is 53.7. The van der Waals surface area contributed by atoms with Gasteiger partial charge in [-0.1, -0.05) is 169 Å². The lowest BCUT2D eigenvalue weighted by atomic mass is 9.97. The van der Waals surface area contributed by atoms with Crippen LogP contribution in [0.4, 0.5) is 27.1 Å². The molecule has 0 aliphatic rings. The Hall–Kier alpha value is -12.4. The van der Waals surface area contributed by atoms with Gasteiger partial charge in [-0.25, -0.2) is 4.39 Å². The van der Waals surface area contributed by atoms with E-state index < -0.39 is 5.82 Å². The maximum atomic E-state index is 14.6. The van der Waals surface area contributed by atoms with Gasteiger partial charge in [-0.3, -0.25) is 43.3 Å². The number of aromatic nitrogens is 5. The van der Waals surface area contributed by atoms with Crippen molar-refractivity contribution in [3.8, 4) is 44.5 Å². The Morgan fingerprint density at radius 3 is 1.04 bits per heavy atom. The molecule has 0 N–H and O–H groups in total. The lowest BCUT2D eigenvalue weighted by Crippen LogP contribution is -2.25. The SMILES string of the molecule is CCC(=O)N(C)c1ccc(-c2ccc(C(=O)Cc3cc(C)no3)cc2)c(C)c1.CCC(=O)N(C)c1ccc(-c2ccc(C(=O)Cc3cc(C)no3)cc2)c(Cl)c1.CCC(=O)N(C)c1ccc(-c2ccc(C(=O)Cc3cc(C)no3)cc2)c(F)c1.CCC(=O)N(C)c1ccc(-c2ccc(C(=O)Cc3cc(C)no3)nc2)cc1Cl. The Kier molecular flexibility index (Phi) is 29.0. The number of benzene rings is 7. The highest BCUT2D eigenvalue weighted by Gasteiger charge is 2.21. The molecule has 24 heteroatoms. The Labute approximate surface area is 659 Å². The van der Waals surface area contributed by atoms with E-state index in [0.29, 0.717) is 104 Å². The second-order valence-corrected chi connectivity index (χ2v) is 27.3. The minimum absolute atomic E-state index is 0.00512. The summed E-state index contributed by atoms with van der Waals surface area (Å²) in [5.41, 5.74) is 15.5. The molecule has 0 unspecified atom stereocenters. The van der Waals surface area contributed by atoms with Gasteiger partial charge < -0.3 is 37.7 Å². The van der Waals surface area contributed by atoms with E-state index in [4.69, 9.17) is 41.3 Å². The molecule has 576 valence electrons. The zero-order chi connectivity index (χ0) is 81.0. The fourth-order valence-corrected chi connectivity index (χ4v) is 12.4. The van der Waals surface area contributed by atoms with E-state index in [1.54, 1.807) is 169 Å². The topological polar surface area (TPSA) is 267 Å². The average molecular weight is 1550 g/mol. The van der Waals surface area contributed by atoms with Crippen molar-refractivity contribution in [2.24, 2.45) is 0 Å². The van der Waals surface area contributed by atoms with Crippen LogP contribution in [0, 0.1) is 40.4 Å². The third kappa shape index (κ3) is 22.0. The molecule has 12 aromatic rings. The van der Waals surface area contributed by atoms with Crippen LogP contribution >= 0.6 is 23.2 Å². The third-order valence-corrected chi connectivity index (χ3v) is 18.9. The fraction of sp³-hybridized carbons (Fsp3) is 0.239. The number of hydrogen-bond acceptors (Lipinski definition) is 17. The summed E-state index contributed by atoms with van der Waals surface area (Å²) in [5.74, 6) is 1.45. The molecular formula is C88H86Cl2FN9O12. The number of aryl methyl sites for hydroxylation is 5. The molecule has 0 aliphatic carbocycles. The average Bonchev–Trinajstić information content (AvgIpc) is 0.840. The normalized spacial score (nSPS) is 10.7. The fourth-order valence-electron chi connectivity index (χ4n) is 11.8. The van der Waals surface area contributed by atoms with Crippen LogP contribution in [-0.4, -0.2) is 101 Å². The van der Waals surface area contributed by atoms with E-state index >= 15 is 0 Å². The maximum Gasteiger partial charge on any atom is 0.226 e. The van der Waals surface area contributed by atoms with Gasteiger partial charge in [0.15, 0.2) is 23.1 Å². The highest BCUT2D eigenvalue weighted by molar-refractivity contribution is 6.34. The number of amides is 4. The second-order valence-electron chi connectivity index (χ2n) is 26.5. The van der Waals surface area contributed by atoms with Crippen LogP contribution in [0.25, 0.3) is 44.5 Å². The first-order valence-corrected chi connectivity index (χ1v) is 37.0. The number of rotatable bonds is 24. The molecule has 0 saturated heterocycles. The van der Waals surface area contributed by atoms with E-state index in [-0.39, 0.29) is 72.4 Å². The van der Waals surface area contributed by atoms with Crippen LogP contribution in [0.2, 0.25) is 10.0 Å². The van der Waals surface area contributed by atoms with Crippen LogP contribution in [0.5, 0.6) is 0 Å². The maximum absolute atomic E-state index is 14.6. The van der Waals surface area contributed by atoms with E-state index in [1.165, 1.54) is 15.9 Å². The van der Waals surface area contributed by atoms with Crippen molar-refractivity contribution >= 4 is 92.7 Å². The molecule has 5 aromatic heterocycles. The molecule has 5 heterocycles. The van der Waals surface area contributed by atoms with E-state index in [9.17, 15) is 42.7 Å². The minimum atomic E-state index is -0.426. The largest absolute Gasteiger partial charge is 0.361 e. The number of hydrogen-bond donors (Lipinski definition) is 0. The minimum Gasteiger partial charge on any atom is -0.361 e. The van der Waals surface area contributed by atoms with Crippen LogP contribution in [0.15, 0.2) is 206 Å². The number of ketones is 4. The second kappa shape index (κ2) is 38.8. The third-order valence-electron chi connectivity index (χ3n) is 18.3. The molecule has 7 aromatic carbocycles. The van der Waals surface area contributed by atoms with Gasteiger partial charge in [0, 0.05) is 135 Å². The molecule has 0 spiro atoms. The zero-order valence-electron chi connectivity index (χ0n) is 64.6. The molecule has 0 aliphatic heterocycles. The van der Waals surface area contributed by atoms with Crippen molar-refractivity contribution in [3.63, 3.8) is 0 Å². The molecule has 0 atom stereocenters. The van der Waals surface area contributed by atoms with E-state index in [2.05, 4.69) is 25.6 Å². The zero-order valence-corrected chi connectivity index (χ0v) is 66.1. The highest BCUT2D eigenvalue weighted by Crippen LogP contribution is 2.35. The lowest BCUT2D eigenvalue weighted by molar-refractivity contribution is -0.118. The van der Waals surface area contributed by atoms with Gasteiger partial charge in [0.2, 0.25) is 23.6 Å². The monoisotopic (exact) mass is 1550 g/mol. The van der Waals surface area contributed by atoms with Gasteiger partial charge in [-0.2, -0.15) is 0 Å². The van der Waals surface area contributed by atoms with Crippen molar-refractivity contribution in [2.75, 3.05) is 47.8 Å². The molecule has 0 saturated carbocycles. The summed E-state index contributed by atoms with van der Waals surface area (Å²) in [7, 11) is 6.84. The number of pyridine rings is 1. The van der Waals surface area contributed by atoms with Crippen molar-refractivity contribution in [1.29, 1.82) is 0 Å². The standard InChI is InChI=1S/C23H24N2O3.C22H21ClN2O3.C22H21FN2O3.C21H20ClN3O3/c1-5-23(27)25(4)19-10-11-21(15(2)12-19)17-6-8-18(9-7-17)22(26)14-20-13-16(3)24-28-20;2*1-4-22(27)25(3)17-9-10-19(20(23)12-17)15-5-7-16(8-6-15)21(26)13-18-11-14(2)24-28-18;1-4-21(27)25(3)19-8-6-14(10-17(19)22)15-5-7-18(23-12-15)20(26)11-16-9-13(2)24-28-16/h6-13H,5,14H2,1-4H3;2*5-12H,4,13H2,1-3H3;5-10,12H,4,11H2,1-3H3. The number of nitrogens with zero attached hydrogens (tertiary/aromatic N) is 9.